The Morgan fingerprint density at radius 3 is 1.94 bits per heavy atom. The van der Waals surface area contributed by atoms with Crippen LogP contribution in [0, 0.1) is 0 Å². The van der Waals surface area contributed by atoms with Gasteiger partial charge in [0, 0.05) is 5.57 Å². The molecule has 0 aliphatic carbocycles. The average Bonchev–Trinajstić information content (AvgIpc) is 1.98. The molecule has 5 heteroatoms. The third-order valence-electron chi connectivity index (χ3n) is 2.18. The van der Waals surface area contributed by atoms with Crippen LogP contribution in [0.15, 0.2) is 12.2 Å². The first-order valence-corrected chi connectivity index (χ1v) is 11.9. The second kappa shape index (κ2) is 5.29. The molecule has 1 atom stereocenters. The van der Waals surface area contributed by atoms with E-state index in [-0.39, 0.29) is 11.7 Å². The van der Waals surface area contributed by atoms with Crippen molar-refractivity contribution in [2.45, 2.75) is 52.3 Å². The van der Waals surface area contributed by atoms with Crippen molar-refractivity contribution in [3.8, 4) is 0 Å². The molecule has 0 heterocycles. The topological polar surface area (TPSA) is 35.5 Å². The van der Waals surface area contributed by atoms with Crippen LogP contribution in [-0.4, -0.2) is 28.3 Å². The Hall–Kier alpha value is -0.396. The van der Waals surface area contributed by atoms with Crippen molar-refractivity contribution in [2.24, 2.45) is 0 Å². The highest BCUT2D eigenvalue weighted by molar-refractivity contribution is 6.84. The fourth-order valence-electron chi connectivity index (χ4n) is 1.28. The minimum Gasteiger partial charge on any atom is -0.460 e. The predicted molar refractivity (Wildman–Crippen MR) is 72.3 cm³/mol. The van der Waals surface area contributed by atoms with Gasteiger partial charge < -0.3 is 8.85 Å². The summed E-state index contributed by atoms with van der Waals surface area (Å²) in [6.45, 7) is 17.8. The largest absolute Gasteiger partial charge is 0.460 e. The van der Waals surface area contributed by atoms with E-state index < -0.39 is 16.6 Å². The molecule has 0 aromatic heterocycles. The van der Waals surface area contributed by atoms with Crippen molar-refractivity contribution in [2.75, 3.05) is 0 Å². The zero-order valence-corrected chi connectivity index (χ0v) is 13.5. The van der Waals surface area contributed by atoms with Gasteiger partial charge in [-0.3, -0.25) is 0 Å². The standard InChI is InChI=1S/C11H24O3Si2/c1-9(2)11(12)13-10(3)16(7,8)14-15(4,5)6/h10H,1H2,2-8H3. The zero-order chi connectivity index (χ0) is 13.1. The first-order chi connectivity index (χ1) is 6.96. The van der Waals surface area contributed by atoms with E-state index in [4.69, 9.17) is 8.85 Å². The maximum atomic E-state index is 11.4. The molecule has 0 saturated heterocycles. The minimum absolute atomic E-state index is 0.150. The van der Waals surface area contributed by atoms with Gasteiger partial charge in [0.05, 0.1) is 0 Å². The highest BCUT2D eigenvalue weighted by Crippen LogP contribution is 2.20. The number of carbonyl (C=O) groups is 1. The minimum atomic E-state index is -1.97. The van der Waals surface area contributed by atoms with Crippen molar-refractivity contribution >= 4 is 22.6 Å². The molecule has 0 aromatic rings. The summed E-state index contributed by atoms with van der Waals surface area (Å²) in [5, 5.41) is 0. The van der Waals surface area contributed by atoms with Crippen LogP contribution in [-0.2, 0) is 13.6 Å². The predicted octanol–water partition coefficient (Wildman–Crippen LogP) is 3.09. The van der Waals surface area contributed by atoms with Crippen LogP contribution >= 0.6 is 0 Å². The van der Waals surface area contributed by atoms with Crippen LogP contribution in [0.1, 0.15) is 13.8 Å². The second-order valence-electron chi connectivity index (χ2n) is 5.65. The molecule has 0 aliphatic rings. The number of esters is 1. The second-order valence-corrected chi connectivity index (χ2v) is 14.7. The van der Waals surface area contributed by atoms with E-state index in [0.29, 0.717) is 5.57 Å². The first kappa shape index (κ1) is 15.6. The number of hydrogen-bond donors (Lipinski definition) is 0. The fourth-order valence-corrected chi connectivity index (χ4v) is 8.64. The molecule has 0 bridgehead atoms. The van der Waals surface area contributed by atoms with Gasteiger partial charge in [-0.05, 0) is 46.6 Å². The lowest BCUT2D eigenvalue weighted by Crippen LogP contribution is -2.51. The number of hydrogen-bond acceptors (Lipinski definition) is 3. The maximum Gasteiger partial charge on any atom is 0.333 e. The molecular formula is C11H24O3Si2. The van der Waals surface area contributed by atoms with Crippen molar-refractivity contribution in [1.29, 1.82) is 0 Å². The van der Waals surface area contributed by atoms with Crippen molar-refractivity contribution in [3.05, 3.63) is 12.2 Å². The van der Waals surface area contributed by atoms with E-state index in [1.165, 1.54) is 0 Å². The summed E-state index contributed by atoms with van der Waals surface area (Å²) in [6, 6.07) is 0. The molecule has 0 radical (unpaired) electrons. The molecule has 94 valence electrons. The molecule has 1 unspecified atom stereocenters. The van der Waals surface area contributed by atoms with Gasteiger partial charge >= 0.3 is 5.97 Å². The molecule has 0 spiro atoms. The first-order valence-electron chi connectivity index (χ1n) is 5.52. The Labute approximate surface area is 101 Å². The molecule has 0 N–H and O–H groups in total. The summed E-state index contributed by atoms with van der Waals surface area (Å²) in [6.07, 6.45) is 0. The molecular weight excluding hydrogens is 236 g/mol. The monoisotopic (exact) mass is 260 g/mol. The van der Waals surface area contributed by atoms with E-state index >= 15 is 0 Å². The summed E-state index contributed by atoms with van der Waals surface area (Å²) in [5.41, 5.74) is 0.285. The Bertz CT molecular complexity index is 279. The van der Waals surface area contributed by atoms with Crippen molar-refractivity contribution in [1.82, 2.24) is 0 Å². The van der Waals surface area contributed by atoms with Crippen LogP contribution in [0.4, 0.5) is 0 Å². The number of rotatable bonds is 5. The van der Waals surface area contributed by atoms with Crippen molar-refractivity contribution in [3.63, 3.8) is 0 Å². The highest BCUT2D eigenvalue weighted by Gasteiger charge is 2.37. The number of ether oxygens (including phenoxy) is 1. The van der Waals surface area contributed by atoms with E-state index in [1.807, 2.05) is 6.92 Å². The SMILES string of the molecule is C=C(C)C(=O)OC(C)[Si](C)(C)O[Si](C)(C)C. The highest BCUT2D eigenvalue weighted by atomic mass is 28.4. The van der Waals surface area contributed by atoms with Crippen molar-refractivity contribution < 1.29 is 13.6 Å². The number of carbonyl (C=O) groups excluding carboxylic acids is 1. The molecule has 3 nitrogen and oxygen atoms in total. The molecule has 0 aromatic carbocycles. The summed E-state index contributed by atoms with van der Waals surface area (Å²) >= 11 is 0. The Kier molecular flexibility index (Phi) is 5.16. The quantitative estimate of drug-likeness (QED) is 0.433. The van der Waals surface area contributed by atoms with Gasteiger partial charge in [0.1, 0.15) is 5.73 Å². The lowest BCUT2D eigenvalue weighted by molar-refractivity contribution is -0.140. The molecule has 0 rings (SSSR count). The third-order valence-corrected chi connectivity index (χ3v) is 8.81. The zero-order valence-electron chi connectivity index (χ0n) is 11.5. The van der Waals surface area contributed by atoms with E-state index in [1.54, 1.807) is 6.92 Å². The Morgan fingerprint density at radius 1 is 1.19 bits per heavy atom. The Balaban J connectivity index is 4.52. The van der Waals surface area contributed by atoms with Gasteiger partial charge in [-0.25, -0.2) is 4.79 Å². The van der Waals surface area contributed by atoms with Crippen LogP contribution in [0.5, 0.6) is 0 Å². The van der Waals surface area contributed by atoms with E-state index in [9.17, 15) is 4.79 Å². The molecule has 0 saturated carbocycles. The van der Waals surface area contributed by atoms with Gasteiger partial charge in [0.25, 0.3) is 0 Å². The van der Waals surface area contributed by atoms with E-state index in [2.05, 4.69) is 39.3 Å². The lowest BCUT2D eigenvalue weighted by atomic mass is 10.4. The lowest BCUT2D eigenvalue weighted by Gasteiger charge is -2.35. The summed E-state index contributed by atoms with van der Waals surface area (Å²) in [5.74, 6) is -0.327. The molecule has 0 amide bonds. The van der Waals surface area contributed by atoms with Gasteiger partial charge in [-0.15, -0.1) is 0 Å². The third kappa shape index (κ3) is 5.62. The van der Waals surface area contributed by atoms with Crippen LogP contribution in [0.25, 0.3) is 0 Å². The van der Waals surface area contributed by atoms with Gasteiger partial charge in [-0.2, -0.15) is 0 Å². The summed E-state index contributed by atoms with van der Waals surface area (Å²) in [4.78, 5) is 11.4. The van der Waals surface area contributed by atoms with Crippen LogP contribution < -0.4 is 0 Å². The summed E-state index contributed by atoms with van der Waals surface area (Å²) < 4.78 is 11.5. The van der Waals surface area contributed by atoms with Crippen LogP contribution in [0.3, 0.4) is 0 Å². The summed E-state index contributed by atoms with van der Waals surface area (Å²) in [7, 11) is -3.56. The molecule has 0 aliphatic heterocycles. The fraction of sp³-hybridized carbons (Fsp3) is 0.727. The maximum absolute atomic E-state index is 11.4. The van der Waals surface area contributed by atoms with Gasteiger partial charge in [0.2, 0.25) is 8.32 Å². The Morgan fingerprint density at radius 2 is 1.62 bits per heavy atom. The normalized spacial score (nSPS) is 14.4. The molecule has 16 heavy (non-hydrogen) atoms. The van der Waals surface area contributed by atoms with Crippen LogP contribution in [0.2, 0.25) is 32.7 Å². The van der Waals surface area contributed by atoms with E-state index in [0.717, 1.165) is 0 Å². The smallest absolute Gasteiger partial charge is 0.333 e. The van der Waals surface area contributed by atoms with Gasteiger partial charge in [0.15, 0.2) is 8.32 Å². The average molecular weight is 260 g/mol. The van der Waals surface area contributed by atoms with Gasteiger partial charge in [-0.1, -0.05) is 6.58 Å². The molecule has 0 fully saturated rings.